The van der Waals surface area contributed by atoms with Crippen molar-refractivity contribution in [3.8, 4) is 0 Å². The van der Waals surface area contributed by atoms with Gasteiger partial charge in [0.05, 0.1) is 17.0 Å². The van der Waals surface area contributed by atoms with E-state index in [0.717, 1.165) is 31.2 Å². The first-order valence-electron chi connectivity index (χ1n) is 11.2. The maximum Gasteiger partial charge on any atom is 0.243 e. The van der Waals surface area contributed by atoms with Gasteiger partial charge < -0.3 is 9.84 Å². The summed E-state index contributed by atoms with van der Waals surface area (Å²) in [6.45, 7) is 2.09. The maximum atomic E-state index is 12.9. The molecule has 180 valence electrons. The largest absolute Gasteiger partial charge is 0.340 e. The molecule has 1 fully saturated rings. The van der Waals surface area contributed by atoms with Crippen molar-refractivity contribution in [2.75, 3.05) is 18.9 Å². The summed E-state index contributed by atoms with van der Waals surface area (Å²) < 4.78 is 32.2. The van der Waals surface area contributed by atoms with Crippen molar-refractivity contribution in [1.29, 1.82) is 0 Å². The lowest BCUT2D eigenvalue weighted by molar-refractivity contribution is -0.115. The van der Waals surface area contributed by atoms with Crippen LogP contribution in [0.3, 0.4) is 0 Å². The zero-order chi connectivity index (χ0) is 24.2. The molecule has 4 rings (SSSR count). The lowest BCUT2D eigenvalue weighted by Crippen LogP contribution is -2.44. The molecule has 1 amide bonds. The lowest BCUT2D eigenvalue weighted by atomic mass is 9.96. The van der Waals surface area contributed by atoms with Crippen LogP contribution in [0.1, 0.15) is 43.0 Å². The highest BCUT2D eigenvalue weighted by molar-refractivity contribution is 7.89. The Morgan fingerprint density at radius 2 is 1.76 bits per heavy atom. The number of carbonyl (C=O) groups is 1. The fourth-order valence-electron chi connectivity index (χ4n) is 4.22. The lowest BCUT2D eigenvalue weighted by Gasteiger charge is -2.26. The fraction of sp³-hybridized carbons (Fsp3) is 0.375. The molecule has 2 N–H and O–H groups in total. The van der Waals surface area contributed by atoms with E-state index in [9.17, 15) is 13.2 Å². The number of aromatic nitrogens is 2. The maximum absolute atomic E-state index is 12.9. The molecule has 0 radical (unpaired) electrons. The summed E-state index contributed by atoms with van der Waals surface area (Å²) >= 11 is 0. The summed E-state index contributed by atoms with van der Waals surface area (Å²) in [5.74, 6) is 0.852. The van der Waals surface area contributed by atoms with Gasteiger partial charge in [-0.3, -0.25) is 10.1 Å². The second-order valence-corrected chi connectivity index (χ2v) is 10.6. The van der Waals surface area contributed by atoms with E-state index in [1.807, 2.05) is 30.3 Å². The van der Waals surface area contributed by atoms with Gasteiger partial charge >= 0.3 is 0 Å². The van der Waals surface area contributed by atoms with E-state index in [4.69, 9.17) is 4.52 Å². The van der Waals surface area contributed by atoms with Gasteiger partial charge in [0.15, 0.2) is 5.82 Å². The zero-order valence-electron chi connectivity index (χ0n) is 19.3. The molecule has 1 saturated carbocycles. The first-order valence-corrected chi connectivity index (χ1v) is 12.7. The monoisotopic (exact) mass is 483 g/mol. The number of benzene rings is 2. The van der Waals surface area contributed by atoms with Gasteiger partial charge in [-0.2, -0.15) is 9.29 Å². The van der Waals surface area contributed by atoms with E-state index in [0.29, 0.717) is 17.4 Å². The molecule has 9 nitrogen and oxygen atoms in total. The van der Waals surface area contributed by atoms with Crippen LogP contribution >= 0.6 is 0 Å². The average molecular weight is 484 g/mol. The van der Waals surface area contributed by atoms with Gasteiger partial charge in [0.25, 0.3) is 0 Å². The fourth-order valence-corrected chi connectivity index (χ4v) is 5.38. The van der Waals surface area contributed by atoms with E-state index >= 15 is 0 Å². The Morgan fingerprint density at radius 1 is 1.09 bits per heavy atom. The van der Waals surface area contributed by atoms with Gasteiger partial charge in [0, 0.05) is 26.2 Å². The highest BCUT2D eigenvalue weighted by atomic mass is 32.2. The predicted octanol–water partition coefficient (Wildman–Crippen LogP) is 3.20. The highest BCUT2D eigenvalue weighted by Crippen LogP contribution is 2.37. The molecule has 1 aliphatic carbocycles. The molecule has 2 aromatic carbocycles. The molecular weight excluding hydrogens is 454 g/mol. The third-order valence-electron chi connectivity index (χ3n) is 6.09. The molecule has 0 saturated heterocycles. The van der Waals surface area contributed by atoms with Crippen LogP contribution < -0.4 is 10.6 Å². The Bertz CT molecular complexity index is 1220. The van der Waals surface area contributed by atoms with Crippen LogP contribution in [0.4, 0.5) is 5.69 Å². The van der Waals surface area contributed by atoms with E-state index in [1.165, 1.54) is 16.4 Å². The standard InChI is InChI=1S/C24H29N5O4S/c1-18-26-23(28-33-18)24(14-6-7-15-24)25-16-22(30)27-20-10-12-21(13-11-20)34(31,32)29(2)17-19-8-4-3-5-9-19/h3-5,8-13,25H,6-7,14-17H2,1-2H3,(H,27,30). The number of nitrogens with one attached hydrogen (secondary N) is 2. The number of aryl methyl sites for hydroxylation is 1. The highest BCUT2D eigenvalue weighted by Gasteiger charge is 2.39. The second kappa shape index (κ2) is 10.0. The predicted molar refractivity (Wildman–Crippen MR) is 127 cm³/mol. The van der Waals surface area contributed by atoms with Crippen molar-refractivity contribution in [3.05, 3.63) is 71.9 Å². The summed E-state index contributed by atoms with van der Waals surface area (Å²) in [6.07, 6.45) is 3.72. The third-order valence-corrected chi connectivity index (χ3v) is 7.91. The molecule has 0 unspecified atom stereocenters. The minimum Gasteiger partial charge on any atom is -0.340 e. The number of nitrogens with zero attached hydrogens (tertiary/aromatic N) is 3. The van der Waals surface area contributed by atoms with Crippen LogP contribution in [0.2, 0.25) is 0 Å². The van der Waals surface area contributed by atoms with Gasteiger partial charge in [0.1, 0.15) is 0 Å². The summed E-state index contributed by atoms with van der Waals surface area (Å²) in [5, 5.41) is 10.2. The van der Waals surface area contributed by atoms with Crippen LogP contribution in [0.5, 0.6) is 0 Å². The summed E-state index contributed by atoms with van der Waals surface area (Å²) in [7, 11) is -2.11. The topological polar surface area (TPSA) is 117 Å². The van der Waals surface area contributed by atoms with Crippen LogP contribution in [0, 0.1) is 6.92 Å². The van der Waals surface area contributed by atoms with E-state index < -0.39 is 15.6 Å². The number of anilines is 1. The Labute approximate surface area is 199 Å². The van der Waals surface area contributed by atoms with Gasteiger partial charge in [-0.25, -0.2) is 8.42 Å². The van der Waals surface area contributed by atoms with E-state index in [1.54, 1.807) is 26.1 Å². The first kappa shape index (κ1) is 24.1. The Hall–Kier alpha value is -3.08. The molecule has 1 aliphatic rings. The minimum absolute atomic E-state index is 0.0768. The normalized spacial score (nSPS) is 15.5. The van der Waals surface area contributed by atoms with Gasteiger partial charge in [-0.05, 0) is 42.7 Å². The first-order chi connectivity index (χ1) is 16.3. The second-order valence-electron chi connectivity index (χ2n) is 8.60. The molecule has 10 heteroatoms. The quantitative estimate of drug-likeness (QED) is 0.480. The van der Waals surface area contributed by atoms with Crippen LogP contribution in [-0.4, -0.2) is 42.4 Å². The van der Waals surface area contributed by atoms with Crippen molar-refractivity contribution in [3.63, 3.8) is 0 Å². The summed E-state index contributed by atoms with van der Waals surface area (Å²) in [6, 6.07) is 15.6. The number of amides is 1. The van der Waals surface area contributed by atoms with Crippen molar-refractivity contribution in [2.24, 2.45) is 0 Å². The van der Waals surface area contributed by atoms with Crippen LogP contribution in [-0.2, 0) is 26.9 Å². The number of rotatable bonds is 9. The van der Waals surface area contributed by atoms with Crippen molar-refractivity contribution < 1.29 is 17.7 Å². The van der Waals surface area contributed by atoms with Crippen molar-refractivity contribution in [2.45, 2.75) is 49.6 Å². The SMILES string of the molecule is Cc1nc(C2(NCC(=O)Nc3ccc(S(=O)(=O)N(C)Cc4ccccc4)cc3)CCCC2)no1. The van der Waals surface area contributed by atoms with Crippen molar-refractivity contribution >= 4 is 21.6 Å². The third kappa shape index (κ3) is 5.35. The number of hydrogen-bond donors (Lipinski definition) is 2. The van der Waals surface area contributed by atoms with Gasteiger partial charge in [-0.1, -0.05) is 48.3 Å². The Kier molecular flexibility index (Phi) is 7.11. The Morgan fingerprint density at radius 3 is 2.38 bits per heavy atom. The molecular formula is C24H29N5O4S. The van der Waals surface area contributed by atoms with E-state index in [2.05, 4.69) is 20.8 Å². The molecule has 34 heavy (non-hydrogen) atoms. The molecule has 0 bridgehead atoms. The van der Waals surface area contributed by atoms with E-state index in [-0.39, 0.29) is 23.9 Å². The van der Waals surface area contributed by atoms with Gasteiger partial charge in [0.2, 0.25) is 21.8 Å². The van der Waals surface area contributed by atoms with Gasteiger partial charge in [-0.15, -0.1) is 0 Å². The summed E-state index contributed by atoms with van der Waals surface area (Å²) in [4.78, 5) is 17.1. The molecule has 1 aromatic heterocycles. The molecule has 0 aliphatic heterocycles. The number of sulfonamides is 1. The number of hydrogen-bond acceptors (Lipinski definition) is 7. The minimum atomic E-state index is -3.65. The number of carbonyl (C=O) groups excluding carboxylic acids is 1. The zero-order valence-corrected chi connectivity index (χ0v) is 20.1. The smallest absolute Gasteiger partial charge is 0.243 e. The Balaban J connectivity index is 1.36. The average Bonchev–Trinajstić information content (AvgIpc) is 3.49. The van der Waals surface area contributed by atoms with Crippen LogP contribution in [0.15, 0.2) is 64.0 Å². The molecule has 3 aromatic rings. The van der Waals surface area contributed by atoms with Crippen LogP contribution in [0.25, 0.3) is 0 Å². The molecule has 1 heterocycles. The molecule has 0 atom stereocenters. The van der Waals surface area contributed by atoms with Crippen molar-refractivity contribution in [1.82, 2.24) is 19.8 Å². The summed E-state index contributed by atoms with van der Waals surface area (Å²) in [5.41, 5.74) is 0.962. The molecule has 0 spiro atoms.